The fourth-order valence-corrected chi connectivity index (χ4v) is 3.33. The molecule has 1 saturated heterocycles. The molecule has 2 atom stereocenters. The predicted molar refractivity (Wildman–Crippen MR) is 68.6 cm³/mol. The highest BCUT2D eigenvalue weighted by atomic mass is 32.1. The molecular weight excluding hydrogens is 218 g/mol. The molecule has 1 aliphatic rings. The Morgan fingerprint density at radius 3 is 3.12 bits per heavy atom. The highest BCUT2D eigenvalue weighted by molar-refractivity contribution is 7.09. The number of nitrogens with zero attached hydrogens (tertiary/aromatic N) is 2. The van der Waals surface area contributed by atoms with E-state index in [0.717, 1.165) is 18.0 Å². The van der Waals surface area contributed by atoms with E-state index in [2.05, 4.69) is 22.3 Å². The molecule has 3 nitrogen and oxygen atoms in total. The summed E-state index contributed by atoms with van der Waals surface area (Å²) in [6.45, 7) is 4.46. The maximum absolute atomic E-state index is 5.82. The Kier molecular flexibility index (Phi) is 3.95. The minimum absolute atomic E-state index is 0.0685. The molecule has 0 aromatic carbocycles. The number of rotatable bonds is 3. The summed E-state index contributed by atoms with van der Waals surface area (Å²) < 4.78 is 0. The van der Waals surface area contributed by atoms with Gasteiger partial charge in [-0.05, 0) is 39.3 Å². The van der Waals surface area contributed by atoms with E-state index in [1.165, 1.54) is 30.9 Å². The predicted octanol–water partition coefficient (Wildman–Crippen LogP) is 2.05. The maximum Gasteiger partial charge on any atom is 0.0932 e. The van der Waals surface area contributed by atoms with Crippen LogP contribution in [0, 0.1) is 5.92 Å². The zero-order valence-corrected chi connectivity index (χ0v) is 11.0. The molecule has 2 rings (SSSR count). The fourth-order valence-electron chi connectivity index (χ4n) is 2.31. The second-order valence-corrected chi connectivity index (χ2v) is 5.87. The maximum atomic E-state index is 5.82. The summed E-state index contributed by atoms with van der Waals surface area (Å²) in [7, 11) is 2.21. The van der Waals surface area contributed by atoms with Crippen molar-refractivity contribution < 1.29 is 0 Å². The molecule has 1 aromatic heterocycles. The topological polar surface area (TPSA) is 42.1 Å². The zero-order valence-electron chi connectivity index (χ0n) is 10.1. The lowest BCUT2D eigenvalue weighted by molar-refractivity contribution is 0.209. The van der Waals surface area contributed by atoms with E-state index in [0.29, 0.717) is 0 Å². The van der Waals surface area contributed by atoms with Crippen LogP contribution in [0.4, 0.5) is 0 Å². The molecule has 0 radical (unpaired) electrons. The third kappa shape index (κ3) is 3.03. The molecule has 0 bridgehead atoms. The van der Waals surface area contributed by atoms with E-state index in [1.807, 2.05) is 6.92 Å². The van der Waals surface area contributed by atoms with Crippen molar-refractivity contribution in [1.29, 1.82) is 0 Å². The third-order valence-electron chi connectivity index (χ3n) is 3.22. The molecular formula is C12H21N3S. The largest absolute Gasteiger partial charge is 0.323 e. The highest BCUT2D eigenvalue weighted by Gasteiger charge is 2.19. The standard InChI is InChI=1S/C12H21N3S/c1-9(13)11-8-16-12(14-11)6-10-4-3-5-15(2)7-10/h8-10H,3-7,13H2,1-2H3. The van der Waals surface area contributed by atoms with Crippen LogP contribution in [0.15, 0.2) is 5.38 Å². The lowest BCUT2D eigenvalue weighted by Crippen LogP contribution is -2.32. The summed E-state index contributed by atoms with van der Waals surface area (Å²) in [5, 5.41) is 3.36. The van der Waals surface area contributed by atoms with Gasteiger partial charge >= 0.3 is 0 Å². The van der Waals surface area contributed by atoms with Crippen LogP contribution < -0.4 is 5.73 Å². The average molecular weight is 239 g/mol. The summed E-state index contributed by atoms with van der Waals surface area (Å²) in [4.78, 5) is 7.03. The van der Waals surface area contributed by atoms with E-state index in [1.54, 1.807) is 11.3 Å². The number of aromatic nitrogens is 1. The Hall–Kier alpha value is -0.450. The number of nitrogens with two attached hydrogens (primary N) is 1. The molecule has 2 heterocycles. The third-order valence-corrected chi connectivity index (χ3v) is 4.11. The Morgan fingerprint density at radius 1 is 1.69 bits per heavy atom. The van der Waals surface area contributed by atoms with Crippen LogP contribution in [-0.2, 0) is 6.42 Å². The highest BCUT2D eigenvalue weighted by Crippen LogP contribution is 2.23. The van der Waals surface area contributed by atoms with Crippen LogP contribution in [-0.4, -0.2) is 30.0 Å². The number of thiazole rings is 1. The number of likely N-dealkylation sites (tertiary alicyclic amines) is 1. The molecule has 4 heteroatoms. The van der Waals surface area contributed by atoms with Crippen LogP contribution in [0.1, 0.15) is 36.5 Å². The van der Waals surface area contributed by atoms with Crippen molar-refractivity contribution in [3.8, 4) is 0 Å². The van der Waals surface area contributed by atoms with E-state index in [9.17, 15) is 0 Å². The van der Waals surface area contributed by atoms with Crippen molar-refractivity contribution in [2.24, 2.45) is 11.7 Å². The quantitative estimate of drug-likeness (QED) is 0.878. The zero-order chi connectivity index (χ0) is 11.5. The van der Waals surface area contributed by atoms with Gasteiger partial charge in [0, 0.05) is 24.4 Å². The van der Waals surface area contributed by atoms with E-state index >= 15 is 0 Å². The molecule has 0 amide bonds. The minimum atomic E-state index is 0.0685. The van der Waals surface area contributed by atoms with Gasteiger partial charge in [-0.1, -0.05) is 0 Å². The fraction of sp³-hybridized carbons (Fsp3) is 0.750. The van der Waals surface area contributed by atoms with E-state index in [4.69, 9.17) is 5.73 Å². The van der Waals surface area contributed by atoms with Crippen molar-refractivity contribution in [3.05, 3.63) is 16.1 Å². The molecule has 16 heavy (non-hydrogen) atoms. The number of hydrogen-bond acceptors (Lipinski definition) is 4. The van der Waals surface area contributed by atoms with Gasteiger partial charge in [-0.15, -0.1) is 11.3 Å². The molecule has 2 N–H and O–H groups in total. The van der Waals surface area contributed by atoms with Gasteiger partial charge in [0.05, 0.1) is 10.7 Å². The summed E-state index contributed by atoms with van der Waals surface area (Å²) in [6.07, 6.45) is 3.80. The first kappa shape index (κ1) is 12.0. The van der Waals surface area contributed by atoms with Gasteiger partial charge in [-0.3, -0.25) is 0 Å². The first-order valence-electron chi connectivity index (χ1n) is 6.03. The molecule has 0 spiro atoms. The van der Waals surface area contributed by atoms with Crippen LogP contribution in [0.2, 0.25) is 0 Å². The molecule has 90 valence electrons. The van der Waals surface area contributed by atoms with Crippen LogP contribution in [0.3, 0.4) is 0 Å². The Morgan fingerprint density at radius 2 is 2.50 bits per heavy atom. The molecule has 1 fully saturated rings. The van der Waals surface area contributed by atoms with Crippen molar-refractivity contribution in [2.45, 2.75) is 32.2 Å². The summed E-state index contributed by atoms with van der Waals surface area (Å²) in [5.74, 6) is 0.783. The van der Waals surface area contributed by atoms with Gasteiger partial charge < -0.3 is 10.6 Å². The molecule has 0 saturated carbocycles. The average Bonchev–Trinajstić information content (AvgIpc) is 2.66. The van der Waals surface area contributed by atoms with Crippen molar-refractivity contribution in [2.75, 3.05) is 20.1 Å². The first-order chi connectivity index (χ1) is 7.65. The normalized spacial score (nSPS) is 24.6. The summed E-state index contributed by atoms with van der Waals surface area (Å²) >= 11 is 1.76. The van der Waals surface area contributed by atoms with Gasteiger partial charge in [0.25, 0.3) is 0 Å². The minimum Gasteiger partial charge on any atom is -0.323 e. The van der Waals surface area contributed by atoms with E-state index in [-0.39, 0.29) is 6.04 Å². The molecule has 2 unspecified atom stereocenters. The molecule has 1 aromatic rings. The number of piperidine rings is 1. The van der Waals surface area contributed by atoms with Crippen LogP contribution in [0.25, 0.3) is 0 Å². The van der Waals surface area contributed by atoms with Gasteiger partial charge in [-0.2, -0.15) is 0 Å². The lowest BCUT2D eigenvalue weighted by Gasteiger charge is -2.29. The second kappa shape index (κ2) is 5.25. The SMILES string of the molecule is CC(N)c1csc(CC2CCCN(C)C2)n1. The van der Waals surface area contributed by atoms with Crippen LogP contribution in [0.5, 0.6) is 0 Å². The first-order valence-corrected chi connectivity index (χ1v) is 6.91. The summed E-state index contributed by atoms with van der Waals surface area (Å²) in [6, 6.07) is 0.0685. The second-order valence-electron chi connectivity index (χ2n) is 4.93. The van der Waals surface area contributed by atoms with Crippen molar-refractivity contribution in [3.63, 3.8) is 0 Å². The van der Waals surface area contributed by atoms with Crippen molar-refractivity contribution in [1.82, 2.24) is 9.88 Å². The summed E-state index contributed by atoms with van der Waals surface area (Å²) in [5.41, 5.74) is 6.86. The Bertz CT molecular complexity index is 335. The lowest BCUT2D eigenvalue weighted by atomic mass is 9.95. The van der Waals surface area contributed by atoms with Gasteiger partial charge in [0.1, 0.15) is 0 Å². The van der Waals surface area contributed by atoms with Crippen molar-refractivity contribution >= 4 is 11.3 Å². The smallest absolute Gasteiger partial charge is 0.0932 e. The number of hydrogen-bond donors (Lipinski definition) is 1. The van der Waals surface area contributed by atoms with Gasteiger partial charge in [0.2, 0.25) is 0 Å². The monoisotopic (exact) mass is 239 g/mol. The molecule has 0 aliphatic carbocycles. The Balaban J connectivity index is 1.92. The van der Waals surface area contributed by atoms with Gasteiger partial charge in [-0.25, -0.2) is 4.98 Å². The Labute approximate surface area is 102 Å². The van der Waals surface area contributed by atoms with Crippen LogP contribution >= 0.6 is 11.3 Å². The van der Waals surface area contributed by atoms with Gasteiger partial charge in [0.15, 0.2) is 0 Å². The molecule has 1 aliphatic heterocycles. The van der Waals surface area contributed by atoms with E-state index < -0.39 is 0 Å².